The Morgan fingerprint density at radius 2 is 1.75 bits per heavy atom. The average molecular weight is 191 g/mol. The van der Waals surface area contributed by atoms with E-state index in [0.717, 1.165) is 19.3 Å². The Morgan fingerprint density at radius 3 is 2.25 bits per heavy atom. The summed E-state index contributed by atoms with van der Waals surface area (Å²) < 4.78 is 25.2. The molecule has 0 spiro atoms. The van der Waals surface area contributed by atoms with E-state index >= 15 is 0 Å². The van der Waals surface area contributed by atoms with E-state index in [1.165, 1.54) is 10.7 Å². The summed E-state index contributed by atoms with van der Waals surface area (Å²) >= 11 is 0. The van der Waals surface area contributed by atoms with Gasteiger partial charge in [0.1, 0.15) is 0 Å². The van der Waals surface area contributed by atoms with Gasteiger partial charge in [-0.25, -0.2) is 4.72 Å². The lowest BCUT2D eigenvalue weighted by atomic mass is 10.2. The van der Waals surface area contributed by atoms with Crippen LogP contribution in [0.15, 0.2) is 0 Å². The van der Waals surface area contributed by atoms with Crippen LogP contribution < -0.4 is 4.72 Å². The van der Waals surface area contributed by atoms with Gasteiger partial charge in [0.15, 0.2) is 0 Å². The Bertz CT molecular complexity index is 244. The molecule has 12 heavy (non-hydrogen) atoms. The summed E-state index contributed by atoms with van der Waals surface area (Å²) in [6, 6.07) is 0. The Balaban J connectivity index is 2.60. The van der Waals surface area contributed by atoms with Crippen LogP contribution in [0, 0.1) is 0 Å². The van der Waals surface area contributed by atoms with Gasteiger partial charge in [-0.1, -0.05) is 6.42 Å². The number of carbonyl (C=O) groups excluding carboxylic acids is 1. The van der Waals surface area contributed by atoms with Gasteiger partial charge in [0.2, 0.25) is 0 Å². The maximum atomic E-state index is 11.1. The number of piperidine rings is 1. The predicted molar refractivity (Wildman–Crippen MR) is 43.2 cm³/mol. The van der Waals surface area contributed by atoms with Gasteiger partial charge in [0, 0.05) is 13.1 Å². The normalized spacial score (nSPS) is 20.3. The molecule has 1 saturated heterocycles. The molecular formula is C6H11N2O3S. The average Bonchev–Trinajstić information content (AvgIpc) is 2.06. The lowest BCUT2D eigenvalue weighted by Gasteiger charge is -2.24. The second-order valence-electron chi connectivity index (χ2n) is 2.67. The first-order valence-electron chi connectivity index (χ1n) is 3.81. The third kappa shape index (κ3) is 2.18. The van der Waals surface area contributed by atoms with Gasteiger partial charge >= 0.3 is 16.6 Å². The third-order valence-electron chi connectivity index (χ3n) is 1.83. The summed E-state index contributed by atoms with van der Waals surface area (Å²) in [5.74, 6) is 0. The molecule has 1 radical (unpaired) electrons. The van der Waals surface area contributed by atoms with Crippen LogP contribution in [-0.4, -0.2) is 32.2 Å². The molecule has 0 saturated carbocycles. The molecule has 0 aromatic carbocycles. The van der Waals surface area contributed by atoms with Crippen molar-refractivity contribution in [2.24, 2.45) is 0 Å². The van der Waals surface area contributed by atoms with Crippen molar-refractivity contribution in [2.75, 3.05) is 13.1 Å². The SMILES string of the molecule is O=[C]NS(=O)(=O)N1CCCCC1. The van der Waals surface area contributed by atoms with E-state index in [2.05, 4.69) is 0 Å². The Kier molecular flexibility index (Phi) is 3.05. The summed E-state index contributed by atoms with van der Waals surface area (Å²) in [4.78, 5) is 9.82. The number of hydrogen-bond acceptors (Lipinski definition) is 3. The minimum absolute atomic E-state index is 0.497. The van der Waals surface area contributed by atoms with Gasteiger partial charge in [-0.2, -0.15) is 12.7 Å². The number of nitrogens with one attached hydrogen (secondary N) is 1. The largest absolute Gasteiger partial charge is 0.324 e. The lowest BCUT2D eigenvalue weighted by Crippen LogP contribution is -2.42. The van der Waals surface area contributed by atoms with Crippen molar-refractivity contribution in [2.45, 2.75) is 19.3 Å². The van der Waals surface area contributed by atoms with Crippen LogP contribution in [0.5, 0.6) is 0 Å². The van der Waals surface area contributed by atoms with Crippen LogP contribution in [-0.2, 0) is 15.0 Å². The zero-order valence-electron chi connectivity index (χ0n) is 6.62. The molecule has 0 atom stereocenters. The molecule has 0 bridgehead atoms. The molecule has 0 unspecified atom stereocenters. The molecule has 1 N–H and O–H groups in total. The van der Waals surface area contributed by atoms with Crippen molar-refractivity contribution in [1.82, 2.24) is 9.03 Å². The minimum Gasteiger partial charge on any atom is -0.262 e. The highest BCUT2D eigenvalue weighted by atomic mass is 32.2. The summed E-state index contributed by atoms with van der Waals surface area (Å²) in [6.07, 6.45) is 3.95. The van der Waals surface area contributed by atoms with Crippen molar-refractivity contribution >= 4 is 16.6 Å². The number of nitrogens with zero attached hydrogens (tertiary/aromatic N) is 1. The Hall–Kier alpha value is -0.620. The summed E-state index contributed by atoms with van der Waals surface area (Å²) in [5, 5.41) is 0. The molecule has 1 amide bonds. The van der Waals surface area contributed by atoms with Crippen LogP contribution in [0.4, 0.5) is 0 Å². The van der Waals surface area contributed by atoms with Crippen molar-refractivity contribution in [3.63, 3.8) is 0 Å². The van der Waals surface area contributed by atoms with Crippen LogP contribution in [0.1, 0.15) is 19.3 Å². The molecule has 69 valence electrons. The van der Waals surface area contributed by atoms with Crippen LogP contribution in [0.3, 0.4) is 0 Å². The summed E-state index contributed by atoms with van der Waals surface area (Å²) in [5.41, 5.74) is 0. The molecule has 1 heterocycles. The molecule has 1 aliphatic rings. The zero-order chi connectivity index (χ0) is 9.03. The van der Waals surface area contributed by atoms with E-state index < -0.39 is 10.2 Å². The van der Waals surface area contributed by atoms with Crippen LogP contribution in [0.2, 0.25) is 0 Å². The van der Waals surface area contributed by atoms with Crippen molar-refractivity contribution in [3.8, 4) is 0 Å². The van der Waals surface area contributed by atoms with E-state index in [0.29, 0.717) is 13.1 Å². The summed E-state index contributed by atoms with van der Waals surface area (Å²) in [7, 11) is -3.57. The van der Waals surface area contributed by atoms with E-state index in [1.54, 1.807) is 4.72 Å². The van der Waals surface area contributed by atoms with E-state index in [-0.39, 0.29) is 0 Å². The first-order valence-corrected chi connectivity index (χ1v) is 5.25. The number of hydrogen-bond donors (Lipinski definition) is 1. The first kappa shape index (κ1) is 9.47. The Morgan fingerprint density at radius 1 is 1.17 bits per heavy atom. The highest BCUT2D eigenvalue weighted by molar-refractivity contribution is 7.87. The maximum Gasteiger partial charge on any atom is 0.324 e. The third-order valence-corrected chi connectivity index (χ3v) is 3.21. The Labute approximate surface area is 71.9 Å². The maximum absolute atomic E-state index is 11.1. The second kappa shape index (κ2) is 3.86. The molecule has 1 rings (SSSR count). The van der Waals surface area contributed by atoms with E-state index in [9.17, 15) is 13.2 Å². The topological polar surface area (TPSA) is 66.5 Å². The predicted octanol–water partition coefficient (Wildman–Crippen LogP) is -0.626. The first-order chi connectivity index (χ1) is 5.67. The molecule has 5 nitrogen and oxygen atoms in total. The quantitative estimate of drug-likeness (QED) is 0.604. The van der Waals surface area contributed by atoms with E-state index in [4.69, 9.17) is 0 Å². The van der Waals surface area contributed by atoms with E-state index in [1.807, 2.05) is 0 Å². The van der Waals surface area contributed by atoms with Crippen LogP contribution >= 0.6 is 0 Å². The molecule has 1 aliphatic heterocycles. The monoisotopic (exact) mass is 191 g/mol. The minimum atomic E-state index is -3.57. The summed E-state index contributed by atoms with van der Waals surface area (Å²) in [6.45, 7) is 0.994. The van der Waals surface area contributed by atoms with Gasteiger partial charge in [-0.05, 0) is 12.8 Å². The highest BCUT2D eigenvalue weighted by Crippen LogP contribution is 2.10. The van der Waals surface area contributed by atoms with Crippen LogP contribution in [0.25, 0.3) is 0 Å². The van der Waals surface area contributed by atoms with Gasteiger partial charge in [-0.3, -0.25) is 4.79 Å². The highest BCUT2D eigenvalue weighted by Gasteiger charge is 2.22. The van der Waals surface area contributed by atoms with Gasteiger partial charge < -0.3 is 0 Å². The number of amides is 1. The van der Waals surface area contributed by atoms with Crippen molar-refractivity contribution < 1.29 is 13.2 Å². The molecule has 1 fully saturated rings. The fraction of sp³-hybridized carbons (Fsp3) is 0.833. The fourth-order valence-corrected chi connectivity index (χ4v) is 2.20. The standard InChI is InChI=1S/C6H11N2O3S/c9-6-7-12(10,11)8-4-2-1-3-5-8/h1-5H2,(H,7,9). The fourth-order valence-electron chi connectivity index (χ4n) is 1.22. The number of rotatable bonds is 3. The van der Waals surface area contributed by atoms with Crippen molar-refractivity contribution in [1.29, 1.82) is 0 Å². The zero-order valence-corrected chi connectivity index (χ0v) is 7.43. The molecular weight excluding hydrogens is 180 g/mol. The lowest BCUT2D eigenvalue weighted by molar-refractivity contribution is 0.344. The molecule has 0 aromatic rings. The van der Waals surface area contributed by atoms with Gasteiger partial charge in [-0.15, -0.1) is 0 Å². The molecule has 6 heteroatoms. The second-order valence-corrected chi connectivity index (χ2v) is 4.34. The van der Waals surface area contributed by atoms with Crippen molar-refractivity contribution in [3.05, 3.63) is 0 Å². The van der Waals surface area contributed by atoms with Gasteiger partial charge in [0.05, 0.1) is 0 Å². The molecule has 0 aromatic heterocycles. The molecule has 0 aliphatic carbocycles. The van der Waals surface area contributed by atoms with Gasteiger partial charge in [0.25, 0.3) is 0 Å². The smallest absolute Gasteiger partial charge is 0.262 e.